The van der Waals surface area contributed by atoms with Gasteiger partial charge in [0.1, 0.15) is 11.6 Å². The molecule has 3 heterocycles. The summed E-state index contributed by atoms with van der Waals surface area (Å²) in [5, 5.41) is 0.615. The number of rotatable bonds is 5. The van der Waals surface area contributed by atoms with E-state index in [1.54, 1.807) is 11.1 Å². The van der Waals surface area contributed by atoms with Gasteiger partial charge in [0.25, 0.3) is 0 Å². The molecule has 2 aromatic heterocycles. The number of aromatic nitrogens is 2. The summed E-state index contributed by atoms with van der Waals surface area (Å²) in [6.45, 7) is 4.66. The van der Waals surface area contributed by atoms with Crippen LogP contribution in [0, 0.1) is 6.92 Å². The number of halogens is 1. The third-order valence-corrected chi connectivity index (χ3v) is 5.57. The molecule has 0 unspecified atom stereocenters. The van der Waals surface area contributed by atoms with E-state index in [1.807, 2.05) is 48.7 Å². The summed E-state index contributed by atoms with van der Waals surface area (Å²) in [4.78, 5) is 25.1. The molecule has 160 valence electrons. The zero-order valence-electron chi connectivity index (χ0n) is 17.5. The molecule has 0 aliphatic carbocycles. The molecule has 0 radical (unpaired) electrons. The molecule has 1 aromatic carbocycles. The van der Waals surface area contributed by atoms with Crippen molar-refractivity contribution >= 4 is 23.5 Å². The van der Waals surface area contributed by atoms with Crippen LogP contribution < -0.4 is 9.64 Å². The number of amides is 1. The molecule has 7 heteroatoms. The van der Waals surface area contributed by atoms with E-state index in [2.05, 4.69) is 27.9 Å². The molecule has 1 aliphatic heterocycles. The zero-order chi connectivity index (χ0) is 21.6. The van der Waals surface area contributed by atoms with Crippen LogP contribution in [0.2, 0.25) is 5.02 Å². The lowest BCUT2D eigenvalue weighted by molar-refractivity contribution is 0.149. The highest BCUT2D eigenvalue weighted by atomic mass is 35.5. The minimum absolute atomic E-state index is 0.319. The Labute approximate surface area is 187 Å². The number of nitrogens with zero attached hydrogens (tertiary/aromatic N) is 4. The molecule has 6 nitrogen and oxygen atoms in total. The van der Waals surface area contributed by atoms with Crippen LogP contribution >= 0.6 is 11.6 Å². The highest BCUT2D eigenvalue weighted by Crippen LogP contribution is 2.18. The average molecular weight is 437 g/mol. The van der Waals surface area contributed by atoms with Crippen LogP contribution in [0.15, 0.2) is 60.9 Å². The van der Waals surface area contributed by atoms with Crippen LogP contribution in [0.3, 0.4) is 0 Å². The van der Waals surface area contributed by atoms with Gasteiger partial charge in [-0.3, -0.25) is 4.98 Å². The van der Waals surface area contributed by atoms with Gasteiger partial charge in [-0.1, -0.05) is 23.7 Å². The molecule has 31 heavy (non-hydrogen) atoms. The van der Waals surface area contributed by atoms with Crippen LogP contribution in [-0.2, 0) is 12.8 Å². The van der Waals surface area contributed by atoms with E-state index >= 15 is 0 Å². The summed E-state index contributed by atoms with van der Waals surface area (Å²) >= 11 is 5.90. The van der Waals surface area contributed by atoms with Crippen molar-refractivity contribution in [2.75, 3.05) is 31.1 Å². The van der Waals surface area contributed by atoms with Crippen molar-refractivity contribution < 1.29 is 9.53 Å². The lowest BCUT2D eigenvalue weighted by Gasteiger charge is -2.34. The molecule has 0 spiro atoms. The lowest BCUT2D eigenvalue weighted by atomic mass is 10.1. The van der Waals surface area contributed by atoms with Crippen LogP contribution in [0.25, 0.3) is 0 Å². The number of aryl methyl sites for hydroxylation is 3. The average Bonchev–Trinajstić information content (AvgIpc) is 2.79. The van der Waals surface area contributed by atoms with Gasteiger partial charge in [0.15, 0.2) is 0 Å². The summed E-state index contributed by atoms with van der Waals surface area (Å²) in [5.41, 5.74) is 3.49. The number of ether oxygens (including phenoxy) is 1. The minimum atomic E-state index is -0.319. The quantitative estimate of drug-likeness (QED) is 0.587. The van der Waals surface area contributed by atoms with Crippen molar-refractivity contribution in [2.45, 2.75) is 19.8 Å². The Morgan fingerprint density at radius 2 is 1.77 bits per heavy atom. The fraction of sp³-hybridized carbons (Fsp3) is 0.292. The largest absolute Gasteiger partial charge is 0.415 e. The van der Waals surface area contributed by atoms with Crippen LogP contribution in [0.5, 0.6) is 5.75 Å². The Morgan fingerprint density at radius 1 is 1.00 bits per heavy atom. The fourth-order valence-corrected chi connectivity index (χ4v) is 3.68. The molecular weight excluding hydrogens is 412 g/mol. The summed E-state index contributed by atoms with van der Waals surface area (Å²) in [5.74, 6) is 1.43. The predicted octanol–water partition coefficient (Wildman–Crippen LogP) is 4.54. The highest BCUT2D eigenvalue weighted by molar-refractivity contribution is 6.30. The van der Waals surface area contributed by atoms with Gasteiger partial charge >= 0.3 is 6.09 Å². The van der Waals surface area contributed by atoms with Gasteiger partial charge in [0.2, 0.25) is 0 Å². The first-order valence-corrected chi connectivity index (χ1v) is 10.8. The first kappa shape index (κ1) is 21.1. The van der Waals surface area contributed by atoms with E-state index in [0.717, 1.165) is 24.4 Å². The second-order valence-electron chi connectivity index (χ2n) is 7.65. The first-order chi connectivity index (χ1) is 15.1. The molecule has 4 rings (SSSR count). The molecular formula is C24H25ClN4O2. The maximum absolute atomic E-state index is 12.5. The van der Waals surface area contributed by atoms with Crippen LogP contribution in [0.1, 0.15) is 16.8 Å². The number of piperazine rings is 1. The first-order valence-electron chi connectivity index (χ1n) is 10.4. The van der Waals surface area contributed by atoms with Crippen molar-refractivity contribution in [1.82, 2.24) is 14.9 Å². The van der Waals surface area contributed by atoms with E-state index < -0.39 is 0 Å². The number of benzene rings is 1. The minimum Gasteiger partial charge on any atom is -0.410 e. The van der Waals surface area contributed by atoms with Gasteiger partial charge in [0, 0.05) is 44.3 Å². The maximum atomic E-state index is 12.5. The second-order valence-corrected chi connectivity index (χ2v) is 8.08. The third-order valence-electron chi connectivity index (χ3n) is 5.34. The van der Waals surface area contributed by atoms with E-state index in [0.29, 0.717) is 37.0 Å². The molecule has 1 saturated heterocycles. The Hall–Kier alpha value is -3.12. The van der Waals surface area contributed by atoms with Gasteiger partial charge in [-0.2, -0.15) is 0 Å². The van der Waals surface area contributed by atoms with E-state index in [9.17, 15) is 4.79 Å². The summed E-state index contributed by atoms with van der Waals surface area (Å²) in [6, 6.07) is 15.5. The number of hydrogen-bond acceptors (Lipinski definition) is 5. The van der Waals surface area contributed by atoms with Crippen molar-refractivity contribution in [3.8, 4) is 5.75 Å². The topological polar surface area (TPSA) is 58.6 Å². The highest BCUT2D eigenvalue weighted by Gasteiger charge is 2.23. The molecule has 1 fully saturated rings. The van der Waals surface area contributed by atoms with E-state index in [1.165, 1.54) is 11.1 Å². The third kappa shape index (κ3) is 5.73. The van der Waals surface area contributed by atoms with Crippen molar-refractivity contribution in [2.24, 2.45) is 0 Å². The van der Waals surface area contributed by atoms with Gasteiger partial charge in [-0.25, -0.2) is 9.78 Å². The molecule has 1 amide bonds. The Bertz CT molecular complexity index is 1020. The van der Waals surface area contributed by atoms with Gasteiger partial charge in [-0.05, 0) is 67.3 Å². The summed E-state index contributed by atoms with van der Waals surface area (Å²) < 4.78 is 5.57. The normalized spacial score (nSPS) is 13.9. The number of carbonyl (C=O) groups is 1. The van der Waals surface area contributed by atoms with E-state index in [-0.39, 0.29) is 6.09 Å². The number of carbonyl (C=O) groups excluding carboxylic acids is 1. The van der Waals surface area contributed by atoms with Crippen LogP contribution in [0.4, 0.5) is 10.6 Å². The Balaban J connectivity index is 1.25. The van der Waals surface area contributed by atoms with E-state index in [4.69, 9.17) is 16.3 Å². The SMILES string of the molecule is Cc1ccnc(CCc2ccc(OC(=O)N3CCN(c4ccc(Cl)cn4)CC3)cc2)c1. The molecule has 0 atom stereocenters. The fourth-order valence-electron chi connectivity index (χ4n) is 3.57. The van der Waals surface area contributed by atoms with Crippen molar-refractivity contribution in [3.63, 3.8) is 0 Å². The second kappa shape index (κ2) is 9.79. The smallest absolute Gasteiger partial charge is 0.410 e. The van der Waals surface area contributed by atoms with Gasteiger partial charge in [-0.15, -0.1) is 0 Å². The molecule has 0 N–H and O–H groups in total. The molecule has 3 aromatic rings. The standard InChI is InChI=1S/C24H25ClN4O2/c1-18-10-11-26-21(16-18)6-2-19-3-7-22(8-4-19)31-24(30)29-14-12-28(13-15-29)23-9-5-20(25)17-27-23/h3-5,7-11,16-17H,2,6,12-15H2,1H3. The predicted molar refractivity (Wildman–Crippen MR) is 122 cm³/mol. The van der Waals surface area contributed by atoms with Gasteiger partial charge < -0.3 is 14.5 Å². The van der Waals surface area contributed by atoms with Crippen molar-refractivity contribution in [1.29, 1.82) is 0 Å². The van der Waals surface area contributed by atoms with Gasteiger partial charge in [0.05, 0.1) is 5.02 Å². The number of anilines is 1. The van der Waals surface area contributed by atoms with Crippen LogP contribution in [-0.4, -0.2) is 47.1 Å². The summed E-state index contributed by atoms with van der Waals surface area (Å²) in [6.07, 6.45) is 4.94. The molecule has 0 bridgehead atoms. The molecule has 1 aliphatic rings. The number of pyridine rings is 2. The lowest BCUT2D eigenvalue weighted by Crippen LogP contribution is -2.49. The van der Waals surface area contributed by atoms with Crippen molar-refractivity contribution in [3.05, 3.63) is 82.8 Å². The zero-order valence-corrected chi connectivity index (χ0v) is 18.3. The Morgan fingerprint density at radius 3 is 2.45 bits per heavy atom. The Kier molecular flexibility index (Phi) is 6.67. The maximum Gasteiger partial charge on any atom is 0.415 e. The summed E-state index contributed by atoms with van der Waals surface area (Å²) in [7, 11) is 0. The number of hydrogen-bond donors (Lipinski definition) is 0. The monoisotopic (exact) mass is 436 g/mol. The molecule has 0 saturated carbocycles.